The zero-order valence-electron chi connectivity index (χ0n) is 10.4. The molecule has 3 nitrogen and oxygen atoms in total. The Balaban J connectivity index is 2.29. The van der Waals surface area contributed by atoms with E-state index in [1.54, 1.807) is 0 Å². The van der Waals surface area contributed by atoms with Crippen molar-refractivity contribution in [2.75, 3.05) is 0 Å². The summed E-state index contributed by atoms with van der Waals surface area (Å²) < 4.78 is 0. The number of carbonyl (C=O) groups is 2. The third kappa shape index (κ3) is 5.16. The highest BCUT2D eigenvalue weighted by atomic mass is 16.4. The number of aliphatic carboxylic acids is 1. The lowest BCUT2D eigenvalue weighted by Gasteiger charge is -2.31. The molecule has 1 N–H and O–H groups in total. The second kappa shape index (κ2) is 7.25. The minimum Gasteiger partial charge on any atom is -0.481 e. The van der Waals surface area contributed by atoms with Crippen LogP contribution in [0.5, 0.6) is 0 Å². The van der Waals surface area contributed by atoms with Gasteiger partial charge >= 0.3 is 5.97 Å². The van der Waals surface area contributed by atoms with Gasteiger partial charge in [-0.15, -0.1) is 0 Å². The molecule has 3 heteroatoms. The van der Waals surface area contributed by atoms with Crippen LogP contribution in [0.1, 0.15) is 57.8 Å². The number of unbranched alkanes of at least 4 members (excludes halogenated alkanes) is 2. The van der Waals surface area contributed by atoms with Crippen molar-refractivity contribution in [2.45, 2.75) is 57.8 Å². The van der Waals surface area contributed by atoms with Crippen molar-refractivity contribution in [2.24, 2.45) is 5.41 Å². The lowest BCUT2D eigenvalue weighted by atomic mass is 9.73. The normalized spacial score (nSPS) is 23.5. The summed E-state index contributed by atoms with van der Waals surface area (Å²) in [4.78, 5) is 21.1. The molecule has 0 fully saturated rings. The summed E-state index contributed by atoms with van der Waals surface area (Å²) >= 11 is 0. The first-order valence-corrected chi connectivity index (χ1v) is 6.52. The Kier molecular flexibility index (Phi) is 5.95. The Labute approximate surface area is 103 Å². The van der Waals surface area contributed by atoms with Gasteiger partial charge in [-0.3, -0.25) is 4.79 Å². The Morgan fingerprint density at radius 1 is 1.35 bits per heavy atom. The van der Waals surface area contributed by atoms with Gasteiger partial charge in [0, 0.05) is 12.8 Å². The van der Waals surface area contributed by atoms with Gasteiger partial charge in [-0.25, -0.2) is 0 Å². The summed E-state index contributed by atoms with van der Waals surface area (Å²) in [6.07, 6.45) is 13.4. The number of carboxylic acids is 1. The van der Waals surface area contributed by atoms with E-state index in [9.17, 15) is 9.59 Å². The molecule has 96 valence electrons. The average molecular weight is 238 g/mol. The molecule has 0 saturated heterocycles. The van der Waals surface area contributed by atoms with Gasteiger partial charge in [0.2, 0.25) is 0 Å². The van der Waals surface area contributed by atoms with Crippen LogP contribution in [-0.2, 0) is 9.59 Å². The van der Waals surface area contributed by atoms with Crippen molar-refractivity contribution in [3.05, 3.63) is 12.2 Å². The van der Waals surface area contributed by atoms with E-state index >= 15 is 0 Å². The number of aldehydes is 1. The molecule has 0 aromatic heterocycles. The topological polar surface area (TPSA) is 54.4 Å². The third-order valence-corrected chi connectivity index (χ3v) is 3.57. The molecule has 1 rings (SSSR count). The molecule has 0 aromatic rings. The van der Waals surface area contributed by atoms with E-state index in [1.807, 2.05) is 0 Å². The van der Waals surface area contributed by atoms with Crippen molar-refractivity contribution in [3.8, 4) is 0 Å². The summed E-state index contributed by atoms with van der Waals surface area (Å²) in [5.74, 6) is -0.717. The lowest BCUT2D eigenvalue weighted by Crippen LogP contribution is -2.21. The third-order valence-electron chi connectivity index (χ3n) is 3.57. The zero-order valence-corrected chi connectivity index (χ0v) is 10.4. The minimum absolute atomic E-state index is 0.0726. The van der Waals surface area contributed by atoms with Crippen LogP contribution in [0.25, 0.3) is 0 Å². The van der Waals surface area contributed by atoms with Crippen molar-refractivity contribution in [1.29, 1.82) is 0 Å². The number of carbonyl (C=O) groups excluding carboxylic acids is 1. The van der Waals surface area contributed by atoms with E-state index in [1.165, 1.54) is 6.42 Å². The van der Waals surface area contributed by atoms with E-state index in [0.29, 0.717) is 6.42 Å². The Morgan fingerprint density at radius 2 is 2.18 bits per heavy atom. The fraction of sp³-hybridized carbons (Fsp3) is 0.714. The molecule has 0 aromatic carbocycles. The SMILES string of the molecule is O=CCC1(CCCCCC(=O)O)C=CCCC1. The Morgan fingerprint density at radius 3 is 2.76 bits per heavy atom. The van der Waals surface area contributed by atoms with Crippen LogP contribution in [0.2, 0.25) is 0 Å². The van der Waals surface area contributed by atoms with Gasteiger partial charge < -0.3 is 9.90 Å². The van der Waals surface area contributed by atoms with Crippen LogP contribution in [0.3, 0.4) is 0 Å². The average Bonchev–Trinajstić information content (AvgIpc) is 2.30. The second-order valence-corrected chi connectivity index (χ2v) is 4.98. The highest BCUT2D eigenvalue weighted by Crippen LogP contribution is 2.38. The van der Waals surface area contributed by atoms with Crippen LogP contribution in [0.4, 0.5) is 0 Å². The van der Waals surface area contributed by atoms with Crippen LogP contribution < -0.4 is 0 Å². The van der Waals surface area contributed by atoms with Crippen LogP contribution in [0.15, 0.2) is 12.2 Å². The fourth-order valence-electron chi connectivity index (χ4n) is 2.57. The molecule has 0 heterocycles. The molecule has 0 amide bonds. The highest BCUT2D eigenvalue weighted by Gasteiger charge is 2.27. The molecule has 0 spiro atoms. The lowest BCUT2D eigenvalue weighted by molar-refractivity contribution is -0.137. The van der Waals surface area contributed by atoms with Crippen molar-refractivity contribution in [1.82, 2.24) is 0 Å². The minimum atomic E-state index is -0.717. The molecule has 0 radical (unpaired) electrons. The Hall–Kier alpha value is -1.12. The van der Waals surface area contributed by atoms with E-state index in [4.69, 9.17) is 5.11 Å². The largest absolute Gasteiger partial charge is 0.481 e. The molecule has 0 bridgehead atoms. The maximum Gasteiger partial charge on any atom is 0.303 e. The van der Waals surface area contributed by atoms with Crippen LogP contribution in [-0.4, -0.2) is 17.4 Å². The van der Waals surface area contributed by atoms with Crippen molar-refractivity contribution in [3.63, 3.8) is 0 Å². The van der Waals surface area contributed by atoms with Crippen molar-refractivity contribution < 1.29 is 14.7 Å². The highest BCUT2D eigenvalue weighted by molar-refractivity contribution is 5.66. The van der Waals surface area contributed by atoms with Gasteiger partial charge in [-0.05, 0) is 37.5 Å². The predicted molar refractivity (Wildman–Crippen MR) is 66.8 cm³/mol. The summed E-state index contributed by atoms with van der Waals surface area (Å²) in [6, 6.07) is 0. The van der Waals surface area contributed by atoms with Gasteiger partial charge in [0.1, 0.15) is 6.29 Å². The second-order valence-electron chi connectivity index (χ2n) is 4.98. The first kappa shape index (κ1) is 13.9. The van der Waals surface area contributed by atoms with Crippen molar-refractivity contribution >= 4 is 12.3 Å². The van der Waals surface area contributed by atoms with Gasteiger partial charge in [-0.1, -0.05) is 25.0 Å². The fourth-order valence-corrected chi connectivity index (χ4v) is 2.57. The molecular weight excluding hydrogens is 216 g/mol. The van der Waals surface area contributed by atoms with E-state index < -0.39 is 5.97 Å². The molecule has 17 heavy (non-hydrogen) atoms. The van der Waals surface area contributed by atoms with E-state index in [2.05, 4.69) is 12.2 Å². The number of hydrogen-bond donors (Lipinski definition) is 1. The Bertz CT molecular complexity index is 283. The number of rotatable bonds is 8. The summed E-state index contributed by atoms with van der Waals surface area (Å²) in [6.45, 7) is 0. The molecule has 0 aliphatic heterocycles. The summed E-state index contributed by atoms with van der Waals surface area (Å²) in [5.41, 5.74) is 0.0726. The number of hydrogen-bond acceptors (Lipinski definition) is 2. The monoisotopic (exact) mass is 238 g/mol. The molecule has 1 aliphatic rings. The standard InChI is InChI=1S/C14H22O3/c15-12-11-14(9-5-2-6-10-14)8-4-1-3-7-13(16)17/h5,9,12H,1-4,6-8,10-11H2,(H,16,17). The molecule has 1 unspecified atom stereocenters. The predicted octanol–water partition coefficient (Wildman–Crippen LogP) is 3.34. The summed E-state index contributed by atoms with van der Waals surface area (Å²) in [7, 11) is 0. The van der Waals surface area contributed by atoms with E-state index in [-0.39, 0.29) is 11.8 Å². The van der Waals surface area contributed by atoms with Gasteiger partial charge in [0.15, 0.2) is 0 Å². The number of allylic oxidation sites excluding steroid dienone is 2. The first-order chi connectivity index (χ1) is 8.18. The quantitative estimate of drug-likeness (QED) is 0.401. The molecular formula is C14H22O3. The molecule has 0 saturated carbocycles. The van der Waals surface area contributed by atoms with Gasteiger partial charge in [0.05, 0.1) is 0 Å². The van der Waals surface area contributed by atoms with Gasteiger partial charge in [-0.2, -0.15) is 0 Å². The maximum atomic E-state index is 10.7. The van der Waals surface area contributed by atoms with Crippen LogP contribution in [0, 0.1) is 5.41 Å². The van der Waals surface area contributed by atoms with E-state index in [0.717, 1.165) is 44.8 Å². The maximum absolute atomic E-state index is 10.7. The van der Waals surface area contributed by atoms with Gasteiger partial charge in [0.25, 0.3) is 0 Å². The smallest absolute Gasteiger partial charge is 0.303 e. The molecule has 1 aliphatic carbocycles. The zero-order chi connectivity index (χ0) is 12.6. The number of carboxylic acid groups (broad SMARTS) is 1. The van der Waals surface area contributed by atoms with Crippen LogP contribution >= 0.6 is 0 Å². The first-order valence-electron chi connectivity index (χ1n) is 6.52. The molecule has 1 atom stereocenters. The summed E-state index contributed by atoms with van der Waals surface area (Å²) in [5, 5.41) is 8.54.